The van der Waals surface area contributed by atoms with Gasteiger partial charge in [0.25, 0.3) is 11.6 Å². The molecule has 4 aromatic rings. The van der Waals surface area contributed by atoms with Crippen LogP contribution in [0.1, 0.15) is 17.4 Å². The minimum Gasteiger partial charge on any atom is -0.448 e. The predicted molar refractivity (Wildman–Crippen MR) is 128 cm³/mol. The lowest BCUT2D eigenvalue weighted by Crippen LogP contribution is -2.30. The van der Waals surface area contributed by atoms with E-state index in [2.05, 4.69) is 10.4 Å². The number of hydrogen-bond acceptors (Lipinski definition) is 7. The highest BCUT2D eigenvalue weighted by Crippen LogP contribution is 2.28. The Balaban J connectivity index is 1.56. The van der Waals surface area contributed by atoms with E-state index >= 15 is 0 Å². The number of rotatable bonds is 7. The van der Waals surface area contributed by atoms with Gasteiger partial charge in [-0.05, 0) is 36.6 Å². The Morgan fingerprint density at radius 3 is 2.59 bits per heavy atom. The van der Waals surface area contributed by atoms with E-state index in [1.54, 1.807) is 18.2 Å². The molecule has 1 amide bonds. The molecule has 0 spiro atoms. The fourth-order valence-electron chi connectivity index (χ4n) is 3.07. The minimum absolute atomic E-state index is 0.0399. The maximum atomic E-state index is 13.0. The van der Waals surface area contributed by atoms with E-state index in [1.807, 2.05) is 35.7 Å². The van der Waals surface area contributed by atoms with Gasteiger partial charge in [0.2, 0.25) is 0 Å². The molecule has 34 heavy (non-hydrogen) atoms. The van der Waals surface area contributed by atoms with Gasteiger partial charge in [-0.2, -0.15) is 5.10 Å². The first-order valence-corrected chi connectivity index (χ1v) is 11.2. The van der Waals surface area contributed by atoms with Crippen LogP contribution in [0.25, 0.3) is 16.3 Å². The number of carbonyl (C=O) groups is 2. The highest BCUT2D eigenvalue weighted by Gasteiger charge is 2.25. The van der Waals surface area contributed by atoms with Crippen LogP contribution in [0.2, 0.25) is 5.02 Å². The summed E-state index contributed by atoms with van der Waals surface area (Å²) in [4.78, 5) is 36.9. The van der Waals surface area contributed by atoms with Gasteiger partial charge in [0.1, 0.15) is 5.69 Å². The lowest BCUT2D eigenvalue weighted by Gasteiger charge is -2.14. The van der Waals surface area contributed by atoms with Crippen LogP contribution in [0.15, 0.2) is 72.1 Å². The third kappa shape index (κ3) is 4.98. The molecule has 0 bridgehead atoms. The number of amides is 1. The van der Waals surface area contributed by atoms with Crippen molar-refractivity contribution in [2.75, 3.05) is 5.32 Å². The molecule has 0 radical (unpaired) electrons. The summed E-state index contributed by atoms with van der Waals surface area (Å²) in [5, 5.41) is 20.0. The van der Waals surface area contributed by atoms with Gasteiger partial charge in [-0.25, -0.2) is 9.48 Å². The number of thiophene rings is 1. The lowest BCUT2D eigenvalue weighted by molar-refractivity contribution is -0.384. The Hall–Kier alpha value is -4.02. The first-order valence-electron chi connectivity index (χ1n) is 9.98. The number of nitrogens with one attached hydrogen (secondary N) is 1. The van der Waals surface area contributed by atoms with E-state index in [1.165, 1.54) is 35.1 Å². The number of esters is 1. The fraction of sp³-hybridized carbons (Fsp3) is 0.0870. The van der Waals surface area contributed by atoms with E-state index in [9.17, 15) is 19.7 Å². The van der Waals surface area contributed by atoms with E-state index in [-0.39, 0.29) is 22.1 Å². The maximum absolute atomic E-state index is 13.0. The fourth-order valence-corrected chi connectivity index (χ4v) is 3.91. The number of aromatic nitrogens is 2. The molecular formula is C23H17ClN4O5S. The first-order chi connectivity index (χ1) is 16.3. The van der Waals surface area contributed by atoms with Crippen molar-refractivity contribution in [2.45, 2.75) is 13.0 Å². The molecule has 0 fully saturated rings. The van der Waals surface area contributed by atoms with Crippen LogP contribution in [0.5, 0.6) is 0 Å². The van der Waals surface area contributed by atoms with Crippen LogP contribution in [0.4, 0.5) is 11.4 Å². The zero-order chi connectivity index (χ0) is 24.2. The Morgan fingerprint density at radius 2 is 1.91 bits per heavy atom. The smallest absolute Gasteiger partial charge is 0.357 e. The van der Waals surface area contributed by atoms with Crippen LogP contribution in [-0.4, -0.2) is 32.7 Å². The van der Waals surface area contributed by atoms with Crippen molar-refractivity contribution in [3.05, 3.63) is 92.9 Å². The molecule has 2 heterocycles. The van der Waals surface area contributed by atoms with Crippen molar-refractivity contribution in [1.29, 1.82) is 0 Å². The zero-order valence-electron chi connectivity index (χ0n) is 17.7. The standard InChI is InChI=1S/C23H17ClN4O5S/c1-14(22(29)25-18-12-16(28(31)32)9-10-17(18)24)33-23(30)20-13-19(21-8-5-11-34-21)26-27(20)15-6-3-2-4-7-15/h2-14H,1H3,(H,25,29). The van der Waals surface area contributed by atoms with E-state index < -0.39 is 22.9 Å². The average molecular weight is 497 g/mol. The molecule has 0 saturated carbocycles. The van der Waals surface area contributed by atoms with Gasteiger partial charge in [0.05, 0.1) is 26.2 Å². The number of halogens is 1. The number of non-ortho nitro benzene ring substituents is 1. The summed E-state index contributed by atoms with van der Waals surface area (Å²) < 4.78 is 6.85. The quantitative estimate of drug-likeness (QED) is 0.209. The van der Waals surface area contributed by atoms with E-state index in [0.29, 0.717) is 11.4 Å². The molecule has 1 N–H and O–H groups in total. The Labute approximate surface area is 202 Å². The van der Waals surface area contributed by atoms with Crippen LogP contribution in [0, 0.1) is 10.1 Å². The zero-order valence-corrected chi connectivity index (χ0v) is 19.2. The molecule has 11 heteroatoms. The molecule has 1 atom stereocenters. The molecule has 2 aromatic carbocycles. The van der Waals surface area contributed by atoms with Crippen LogP contribution in [0.3, 0.4) is 0 Å². The SMILES string of the molecule is CC(OC(=O)c1cc(-c2cccs2)nn1-c1ccccc1)C(=O)Nc1cc([N+](=O)[O-])ccc1Cl. The molecule has 9 nitrogen and oxygen atoms in total. The number of nitro benzene ring substituents is 1. The maximum Gasteiger partial charge on any atom is 0.357 e. The van der Waals surface area contributed by atoms with Crippen LogP contribution in [-0.2, 0) is 9.53 Å². The van der Waals surface area contributed by atoms with Crippen molar-refractivity contribution in [3.63, 3.8) is 0 Å². The van der Waals surface area contributed by atoms with Crippen LogP contribution < -0.4 is 5.32 Å². The highest BCUT2D eigenvalue weighted by atomic mass is 35.5. The summed E-state index contributed by atoms with van der Waals surface area (Å²) >= 11 is 7.51. The lowest BCUT2D eigenvalue weighted by atomic mass is 10.2. The second-order valence-corrected chi connectivity index (χ2v) is 8.45. The average Bonchev–Trinajstić information content (AvgIpc) is 3.51. The minimum atomic E-state index is -1.22. The number of ether oxygens (including phenoxy) is 1. The number of para-hydroxylation sites is 1. The van der Waals surface area contributed by atoms with Gasteiger partial charge in [-0.1, -0.05) is 35.9 Å². The Bertz CT molecular complexity index is 1360. The van der Waals surface area contributed by atoms with Gasteiger partial charge < -0.3 is 10.1 Å². The normalized spacial score (nSPS) is 11.6. The molecule has 0 aliphatic carbocycles. The third-order valence-corrected chi connectivity index (χ3v) is 5.99. The summed E-state index contributed by atoms with van der Waals surface area (Å²) in [6, 6.07) is 18.1. The van der Waals surface area contributed by atoms with E-state index in [0.717, 1.165) is 10.9 Å². The van der Waals surface area contributed by atoms with Crippen molar-refractivity contribution in [1.82, 2.24) is 9.78 Å². The summed E-state index contributed by atoms with van der Waals surface area (Å²) in [6.07, 6.45) is -1.22. The van der Waals surface area contributed by atoms with Crippen molar-refractivity contribution < 1.29 is 19.2 Å². The van der Waals surface area contributed by atoms with Gasteiger partial charge in [-0.3, -0.25) is 14.9 Å². The van der Waals surface area contributed by atoms with Crippen LogP contribution >= 0.6 is 22.9 Å². The first kappa shape index (κ1) is 23.1. The summed E-state index contributed by atoms with van der Waals surface area (Å²) in [6.45, 7) is 1.39. The molecule has 172 valence electrons. The van der Waals surface area contributed by atoms with Crippen molar-refractivity contribution in [2.24, 2.45) is 0 Å². The number of nitrogens with zero attached hydrogens (tertiary/aromatic N) is 3. The Morgan fingerprint density at radius 1 is 1.15 bits per heavy atom. The Kier molecular flexibility index (Phi) is 6.71. The van der Waals surface area contributed by atoms with Gasteiger partial charge >= 0.3 is 5.97 Å². The number of anilines is 1. The topological polar surface area (TPSA) is 116 Å². The third-order valence-electron chi connectivity index (χ3n) is 4.76. The number of carbonyl (C=O) groups excluding carboxylic acids is 2. The second kappa shape index (κ2) is 9.86. The summed E-state index contributed by atoms with van der Waals surface area (Å²) in [5.74, 6) is -1.45. The van der Waals surface area contributed by atoms with Crippen molar-refractivity contribution in [3.8, 4) is 16.3 Å². The summed E-state index contributed by atoms with van der Waals surface area (Å²) in [7, 11) is 0. The van der Waals surface area contributed by atoms with E-state index in [4.69, 9.17) is 16.3 Å². The van der Waals surface area contributed by atoms with Crippen molar-refractivity contribution >= 4 is 46.2 Å². The number of hydrogen-bond donors (Lipinski definition) is 1. The number of benzene rings is 2. The van der Waals surface area contributed by atoms with Gasteiger partial charge in [0, 0.05) is 18.2 Å². The monoisotopic (exact) mass is 496 g/mol. The molecule has 4 rings (SSSR count). The molecule has 0 saturated heterocycles. The van der Waals surface area contributed by atoms with Gasteiger partial charge in [0.15, 0.2) is 11.8 Å². The molecule has 2 aromatic heterocycles. The molecule has 1 unspecified atom stereocenters. The molecule has 0 aliphatic rings. The largest absolute Gasteiger partial charge is 0.448 e. The predicted octanol–water partition coefficient (Wildman–Crippen LogP) is 5.35. The number of nitro groups is 1. The summed E-state index contributed by atoms with van der Waals surface area (Å²) in [5.41, 5.74) is 1.18. The molecule has 0 aliphatic heterocycles. The van der Waals surface area contributed by atoms with Gasteiger partial charge in [-0.15, -0.1) is 11.3 Å². The highest BCUT2D eigenvalue weighted by molar-refractivity contribution is 7.13. The second-order valence-electron chi connectivity index (χ2n) is 7.10. The molecular weight excluding hydrogens is 480 g/mol.